The Morgan fingerprint density at radius 1 is 1.05 bits per heavy atom. The van der Waals surface area contributed by atoms with Crippen molar-refractivity contribution in [2.75, 3.05) is 23.3 Å². The summed E-state index contributed by atoms with van der Waals surface area (Å²) in [5.41, 5.74) is 3.61. The largest absolute Gasteiger partial charge is 0.381 e. The summed E-state index contributed by atoms with van der Waals surface area (Å²) in [4.78, 5) is 2.44. The fourth-order valence-electron chi connectivity index (χ4n) is 2.64. The Balaban J connectivity index is 1.64. The van der Waals surface area contributed by atoms with Gasteiger partial charge in [-0.05, 0) is 60.9 Å². The van der Waals surface area contributed by atoms with Crippen LogP contribution in [-0.4, -0.2) is 13.1 Å². The Morgan fingerprint density at radius 2 is 1.76 bits per heavy atom. The Labute approximate surface area is 139 Å². The summed E-state index contributed by atoms with van der Waals surface area (Å²) in [6.45, 7) is 3.12. The molecule has 1 aliphatic heterocycles. The second kappa shape index (κ2) is 6.71. The lowest BCUT2D eigenvalue weighted by molar-refractivity contribution is 0.949. The molecule has 0 bridgehead atoms. The molecule has 0 aliphatic carbocycles. The zero-order chi connectivity index (χ0) is 14.7. The SMILES string of the molecule is Clc1ccc(Br)c(CNc2ccc(N3CCCC3)cc2)c1. The maximum atomic E-state index is 6.04. The zero-order valence-corrected chi connectivity index (χ0v) is 14.1. The quantitative estimate of drug-likeness (QED) is 0.789. The van der Waals surface area contributed by atoms with Gasteiger partial charge in [-0.25, -0.2) is 0 Å². The molecule has 0 radical (unpaired) electrons. The van der Waals surface area contributed by atoms with Gasteiger partial charge in [0.25, 0.3) is 0 Å². The highest BCUT2D eigenvalue weighted by Gasteiger charge is 2.11. The highest BCUT2D eigenvalue weighted by molar-refractivity contribution is 9.10. The van der Waals surface area contributed by atoms with E-state index in [9.17, 15) is 0 Å². The van der Waals surface area contributed by atoms with Crippen molar-refractivity contribution in [1.82, 2.24) is 0 Å². The van der Waals surface area contributed by atoms with E-state index in [2.05, 4.69) is 50.4 Å². The molecule has 2 nitrogen and oxygen atoms in total. The minimum absolute atomic E-state index is 0.754. The molecule has 0 saturated carbocycles. The van der Waals surface area contributed by atoms with Gasteiger partial charge in [-0.3, -0.25) is 0 Å². The average Bonchev–Trinajstić information content (AvgIpc) is 3.03. The highest BCUT2D eigenvalue weighted by Crippen LogP contribution is 2.24. The predicted octanol–water partition coefficient (Wildman–Crippen LogP) is 5.31. The van der Waals surface area contributed by atoms with Crippen LogP contribution in [0.1, 0.15) is 18.4 Å². The molecule has 1 N–H and O–H groups in total. The maximum Gasteiger partial charge on any atom is 0.0412 e. The number of nitrogens with zero attached hydrogens (tertiary/aromatic N) is 1. The third kappa shape index (κ3) is 3.72. The third-order valence-corrected chi connectivity index (χ3v) is 4.84. The Morgan fingerprint density at radius 3 is 2.48 bits per heavy atom. The van der Waals surface area contributed by atoms with Gasteiger partial charge in [-0.1, -0.05) is 27.5 Å². The second-order valence-corrected chi connectivity index (χ2v) is 6.62. The van der Waals surface area contributed by atoms with E-state index in [-0.39, 0.29) is 0 Å². The van der Waals surface area contributed by atoms with Crippen molar-refractivity contribution in [2.24, 2.45) is 0 Å². The lowest BCUT2D eigenvalue weighted by Gasteiger charge is -2.18. The molecule has 0 atom stereocenters. The van der Waals surface area contributed by atoms with E-state index in [1.165, 1.54) is 31.6 Å². The summed E-state index contributed by atoms with van der Waals surface area (Å²) in [7, 11) is 0. The van der Waals surface area contributed by atoms with E-state index >= 15 is 0 Å². The summed E-state index contributed by atoms with van der Waals surface area (Å²) in [5, 5.41) is 4.20. The van der Waals surface area contributed by atoms with Crippen LogP contribution in [0.15, 0.2) is 46.9 Å². The number of hydrogen-bond acceptors (Lipinski definition) is 2. The summed E-state index contributed by atoms with van der Waals surface area (Å²) < 4.78 is 1.08. The number of halogens is 2. The maximum absolute atomic E-state index is 6.04. The molecule has 1 aliphatic rings. The average molecular weight is 366 g/mol. The summed E-state index contributed by atoms with van der Waals surface area (Å²) in [5.74, 6) is 0. The number of nitrogens with one attached hydrogen (secondary N) is 1. The van der Waals surface area contributed by atoms with Gasteiger partial charge in [0, 0.05) is 40.5 Å². The van der Waals surface area contributed by atoms with Crippen LogP contribution in [0.4, 0.5) is 11.4 Å². The standard InChI is InChI=1S/C17H18BrClN2/c18-17-8-3-14(19)11-13(17)12-20-15-4-6-16(7-5-15)21-9-1-2-10-21/h3-8,11,20H,1-2,9-10,12H2. The molecule has 110 valence electrons. The van der Waals surface area contributed by atoms with Gasteiger partial charge in [-0.2, -0.15) is 0 Å². The van der Waals surface area contributed by atoms with E-state index in [1.54, 1.807) is 0 Å². The normalized spacial score (nSPS) is 14.5. The van der Waals surface area contributed by atoms with Crippen molar-refractivity contribution in [3.63, 3.8) is 0 Å². The first-order valence-electron chi connectivity index (χ1n) is 7.25. The summed E-state index contributed by atoms with van der Waals surface area (Å²) in [6.07, 6.45) is 2.62. The molecular weight excluding hydrogens is 348 g/mol. The van der Waals surface area contributed by atoms with E-state index in [0.29, 0.717) is 0 Å². The molecule has 1 fully saturated rings. The van der Waals surface area contributed by atoms with Gasteiger partial charge in [0.15, 0.2) is 0 Å². The van der Waals surface area contributed by atoms with Crippen LogP contribution < -0.4 is 10.2 Å². The number of anilines is 2. The molecule has 2 aromatic rings. The Kier molecular flexibility index (Phi) is 4.71. The van der Waals surface area contributed by atoms with E-state index in [4.69, 9.17) is 11.6 Å². The number of hydrogen-bond donors (Lipinski definition) is 1. The fraction of sp³-hybridized carbons (Fsp3) is 0.294. The van der Waals surface area contributed by atoms with Crippen molar-refractivity contribution >= 4 is 38.9 Å². The molecule has 0 unspecified atom stereocenters. The number of rotatable bonds is 4. The molecule has 2 aromatic carbocycles. The minimum Gasteiger partial charge on any atom is -0.381 e. The minimum atomic E-state index is 0.754. The third-order valence-electron chi connectivity index (χ3n) is 3.83. The second-order valence-electron chi connectivity index (χ2n) is 5.33. The lowest BCUT2D eigenvalue weighted by Crippen LogP contribution is -2.17. The van der Waals surface area contributed by atoms with Gasteiger partial charge >= 0.3 is 0 Å². The van der Waals surface area contributed by atoms with Gasteiger partial charge in [0.05, 0.1) is 0 Å². The molecule has 0 amide bonds. The van der Waals surface area contributed by atoms with Crippen LogP contribution in [0.3, 0.4) is 0 Å². The van der Waals surface area contributed by atoms with E-state index in [0.717, 1.165) is 27.3 Å². The molecule has 0 aromatic heterocycles. The first-order valence-corrected chi connectivity index (χ1v) is 8.42. The first-order chi connectivity index (χ1) is 10.2. The number of benzene rings is 2. The topological polar surface area (TPSA) is 15.3 Å². The van der Waals surface area contributed by atoms with Crippen LogP contribution in [0.5, 0.6) is 0 Å². The van der Waals surface area contributed by atoms with Crippen molar-refractivity contribution in [3.8, 4) is 0 Å². The highest BCUT2D eigenvalue weighted by atomic mass is 79.9. The van der Waals surface area contributed by atoms with Gasteiger partial charge in [0.1, 0.15) is 0 Å². The van der Waals surface area contributed by atoms with Crippen LogP contribution in [0, 0.1) is 0 Å². The van der Waals surface area contributed by atoms with Crippen molar-refractivity contribution < 1.29 is 0 Å². The molecule has 21 heavy (non-hydrogen) atoms. The van der Waals surface area contributed by atoms with Crippen molar-refractivity contribution in [3.05, 3.63) is 57.5 Å². The Bertz CT molecular complexity index is 607. The van der Waals surface area contributed by atoms with Crippen LogP contribution >= 0.6 is 27.5 Å². The fourth-order valence-corrected chi connectivity index (χ4v) is 3.22. The zero-order valence-electron chi connectivity index (χ0n) is 11.8. The van der Waals surface area contributed by atoms with Gasteiger partial charge in [-0.15, -0.1) is 0 Å². The monoisotopic (exact) mass is 364 g/mol. The smallest absolute Gasteiger partial charge is 0.0412 e. The molecule has 1 heterocycles. The van der Waals surface area contributed by atoms with Gasteiger partial charge in [0.2, 0.25) is 0 Å². The van der Waals surface area contributed by atoms with Crippen molar-refractivity contribution in [1.29, 1.82) is 0 Å². The molecule has 1 saturated heterocycles. The van der Waals surface area contributed by atoms with Gasteiger partial charge < -0.3 is 10.2 Å². The van der Waals surface area contributed by atoms with Crippen molar-refractivity contribution in [2.45, 2.75) is 19.4 Å². The van der Waals surface area contributed by atoms with Crippen LogP contribution in [-0.2, 0) is 6.54 Å². The molecule has 0 spiro atoms. The lowest BCUT2D eigenvalue weighted by atomic mass is 10.2. The molecular formula is C17H18BrClN2. The molecule has 3 rings (SSSR count). The van der Waals surface area contributed by atoms with Crippen LogP contribution in [0.2, 0.25) is 5.02 Å². The molecule has 4 heteroatoms. The summed E-state index contributed by atoms with van der Waals surface area (Å²) >= 11 is 9.59. The van der Waals surface area contributed by atoms with E-state index in [1.807, 2.05) is 18.2 Å². The predicted molar refractivity (Wildman–Crippen MR) is 94.4 cm³/mol. The first kappa shape index (κ1) is 14.7. The van der Waals surface area contributed by atoms with E-state index < -0.39 is 0 Å². The summed E-state index contributed by atoms with van der Waals surface area (Å²) in [6, 6.07) is 14.5. The Hall–Kier alpha value is -1.19. The van der Waals surface area contributed by atoms with Crippen LogP contribution in [0.25, 0.3) is 0 Å².